The van der Waals surface area contributed by atoms with Gasteiger partial charge in [0.1, 0.15) is 6.04 Å². The number of carbonyl (C=O) groups excluding carboxylic acids is 1. The predicted octanol–water partition coefficient (Wildman–Crippen LogP) is 2.63. The average Bonchev–Trinajstić information content (AvgIpc) is 3.12. The molecule has 1 saturated heterocycles. The van der Waals surface area contributed by atoms with Crippen LogP contribution < -0.4 is 0 Å². The van der Waals surface area contributed by atoms with Crippen molar-refractivity contribution in [2.45, 2.75) is 44.6 Å². The van der Waals surface area contributed by atoms with E-state index in [2.05, 4.69) is 18.4 Å². The Morgan fingerprint density at radius 2 is 2.20 bits per heavy atom. The summed E-state index contributed by atoms with van der Waals surface area (Å²) in [6.07, 6.45) is 3.29. The van der Waals surface area contributed by atoms with Gasteiger partial charge in [-0.1, -0.05) is 0 Å². The number of aryl methyl sites for hydroxylation is 1. The summed E-state index contributed by atoms with van der Waals surface area (Å²) in [5.74, 6) is -0.483. The van der Waals surface area contributed by atoms with Crippen LogP contribution >= 0.6 is 11.3 Å². The number of carboxylic acid groups (broad SMARTS) is 1. The zero-order valence-corrected chi connectivity index (χ0v) is 12.4. The van der Waals surface area contributed by atoms with E-state index in [1.165, 1.54) is 10.4 Å². The van der Waals surface area contributed by atoms with Gasteiger partial charge in [-0.3, -0.25) is 4.79 Å². The molecule has 2 fully saturated rings. The van der Waals surface area contributed by atoms with Crippen LogP contribution in [0.5, 0.6) is 0 Å². The van der Waals surface area contributed by atoms with Gasteiger partial charge in [0.05, 0.1) is 0 Å². The van der Waals surface area contributed by atoms with Crippen molar-refractivity contribution < 1.29 is 14.7 Å². The molecule has 1 amide bonds. The van der Waals surface area contributed by atoms with Crippen molar-refractivity contribution in [3.05, 3.63) is 21.9 Å². The first-order valence-corrected chi connectivity index (χ1v) is 8.05. The number of likely N-dealkylation sites (tertiary alicyclic amines) is 1. The smallest absolute Gasteiger partial charge is 0.326 e. The normalized spacial score (nSPS) is 29.2. The molecule has 5 heteroatoms. The molecule has 20 heavy (non-hydrogen) atoms. The number of hydrogen-bond donors (Lipinski definition) is 1. The van der Waals surface area contributed by atoms with E-state index in [0.717, 1.165) is 19.3 Å². The quantitative estimate of drug-likeness (QED) is 0.932. The van der Waals surface area contributed by atoms with Crippen LogP contribution in [0, 0.1) is 12.8 Å². The SMILES string of the molecule is Cc1ccsc1C1CC1C(=O)N1CCCCC1C(=O)O. The topological polar surface area (TPSA) is 57.6 Å². The van der Waals surface area contributed by atoms with E-state index in [4.69, 9.17) is 0 Å². The lowest BCUT2D eigenvalue weighted by molar-refractivity contribution is -0.152. The summed E-state index contributed by atoms with van der Waals surface area (Å²) in [6.45, 7) is 2.68. The van der Waals surface area contributed by atoms with Gasteiger partial charge in [0.15, 0.2) is 0 Å². The fourth-order valence-corrected chi connectivity index (χ4v) is 4.30. The molecule has 1 N–H and O–H groups in total. The van der Waals surface area contributed by atoms with Crippen molar-refractivity contribution >= 4 is 23.2 Å². The molecule has 4 nitrogen and oxygen atoms in total. The van der Waals surface area contributed by atoms with Gasteiger partial charge in [-0.25, -0.2) is 4.79 Å². The summed E-state index contributed by atoms with van der Waals surface area (Å²) in [4.78, 5) is 26.8. The number of amides is 1. The molecule has 0 radical (unpaired) electrons. The molecule has 1 aromatic rings. The van der Waals surface area contributed by atoms with Crippen LogP contribution in [0.1, 0.15) is 42.0 Å². The summed E-state index contributed by atoms with van der Waals surface area (Å²) in [6, 6.07) is 1.47. The number of carbonyl (C=O) groups is 2. The summed E-state index contributed by atoms with van der Waals surface area (Å²) < 4.78 is 0. The van der Waals surface area contributed by atoms with Crippen LogP contribution in [0.2, 0.25) is 0 Å². The minimum atomic E-state index is -0.859. The third kappa shape index (κ3) is 2.35. The van der Waals surface area contributed by atoms with Crippen molar-refractivity contribution in [1.82, 2.24) is 4.90 Å². The fourth-order valence-electron chi connectivity index (χ4n) is 3.19. The Kier molecular flexibility index (Phi) is 3.54. The zero-order valence-electron chi connectivity index (χ0n) is 11.5. The van der Waals surface area contributed by atoms with Gasteiger partial charge >= 0.3 is 5.97 Å². The summed E-state index contributed by atoms with van der Waals surface area (Å²) >= 11 is 1.71. The molecule has 3 rings (SSSR count). The third-order valence-corrected chi connectivity index (χ3v) is 5.57. The lowest BCUT2D eigenvalue weighted by Crippen LogP contribution is -2.48. The molecule has 1 aliphatic heterocycles. The van der Waals surface area contributed by atoms with Crippen LogP contribution in [0.25, 0.3) is 0 Å². The van der Waals surface area contributed by atoms with Crippen LogP contribution in [-0.4, -0.2) is 34.5 Å². The molecule has 1 aromatic heterocycles. The molecule has 1 aliphatic carbocycles. The molecule has 108 valence electrons. The highest BCUT2D eigenvalue weighted by Gasteiger charge is 2.49. The van der Waals surface area contributed by atoms with E-state index < -0.39 is 12.0 Å². The second kappa shape index (κ2) is 5.20. The van der Waals surface area contributed by atoms with Crippen LogP contribution in [0.4, 0.5) is 0 Å². The number of carboxylic acids is 1. The van der Waals surface area contributed by atoms with Gasteiger partial charge in [-0.15, -0.1) is 11.3 Å². The van der Waals surface area contributed by atoms with Gasteiger partial charge in [-0.2, -0.15) is 0 Å². The lowest BCUT2D eigenvalue weighted by Gasteiger charge is -2.33. The van der Waals surface area contributed by atoms with Gasteiger partial charge in [-0.05, 0) is 49.6 Å². The Morgan fingerprint density at radius 1 is 1.40 bits per heavy atom. The Balaban J connectivity index is 1.71. The number of piperidine rings is 1. The molecular formula is C15H19NO3S. The molecule has 1 saturated carbocycles. The maximum atomic E-state index is 12.6. The molecular weight excluding hydrogens is 274 g/mol. The van der Waals surface area contributed by atoms with Crippen LogP contribution in [0.3, 0.4) is 0 Å². The van der Waals surface area contributed by atoms with E-state index in [9.17, 15) is 14.7 Å². The molecule has 2 heterocycles. The number of rotatable bonds is 3. The molecule has 0 spiro atoms. The highest BCUT2D eigenvalue weighted by Crippen LogP contribution is 2.51. The molecule has 2 aliphatic rings. The number of aliphatic carboxylic acids is 1. The number of hydrogen-bond acceptors (Lipinski definition) is 3. The molecule has 0 bridgehead atoms. The predicted molar refractivity (Wildman–Crippen MR) is 76.9 cm³/mol. The van der Waals surface area contributed by atoms with E-state index in [0.29, 0.717) is 18.9 Å². The Labute approximate surface area is 122 Å². The Hall–Kier alpha value is -1.36. The van der Waals surface area contributed by atoms with E-state index in [1.807, 2.05) is 0 Å². The van der Waals surface area contributed by atoms with Gasteiger partial charge in [0.25, 0.3) is 0 Å². The summed E-state index contributed by atoms with van der Waals surface area (Å²) in [7, 11) is 0. The molecule has 3 unspecified atom stereocenters. The monoisotopic (exact) mass is 293 g/mol. The minimum absolute atomic E-state index is 0.00676. The maximum Gasteiger partial charge on any atom is 0.326 e. The van der Waals surface area contributed by atoms with E-state index in [1.54, 1.807) is 16.2 Å². The summed E-state index contributed by atoms with van der Waals surface area (Å²) in [5, 5.41) is 11.3. The first-order valence-electron chi connectivity index (χ1n) is 7.17. The Morgan fingerprint density at radius 3 is 2.85 bits per heavy atom. The van der Waals surface area contributed by atoms with Gasteiger partial charge in [0, 0.05) is 23.3 Å². The average molecular weight is 293 g/mol. The van der Waals surface area contributed by atoms with Crippen LogP contribution in [-0.2, 0) is 9.59 Å². The molecule has 0 aromatic carbocycles. The number of thiophene rings is 1. The van der Waals surface area contributed by atoms with Gasteiger partial charge < -0.3 is 10.0 Å². The highest BCUT2D eigenvalue weighted by molar-refractivity contribution is 7.10. The van der Waals surface area contributed by atoms with Crippen molar-refractivity contribution in [3.8, 4) is 0 Å². The van der Waals surface area contributed by atoms with Gasteiger partial charge in [0.2, 0.25) is 5.91 Å². The Bertz CT molecular complexity index is 539. The minimum Gasteiger partial charge on any atom is -0.480 e. The first-order chi connectivity index (χ1) is 9.59. The fraction of sp³-hybridized carbons (Fsp3) is 0.600. The molecule has 3 atom stereocenters. The van der Waals surface area contributed by atoms with E-state index >= 15 is 0 Å². The largest absolute Gasteiger partial charge is 0.480 e. The van der Waals surface area contributed by atoms with Crippen LogP contribution in [0.15, 0.2) is 11.4 Å². The zero-order chi connectivity index (χ0) is 14.3. The second-order valence-corrected chi connectivity index (χ2v) is 6.75. The standard InChI is InChI=1S/C15H19NO3S/c1-9-5-7-20-13(9)10-8-11(10)14(17)16-6-3-2-4-12(16)15(18)19/h5,7,10-12H,2-4,6,8H2,1H3,(H,18,19). The van der Waals surface area contributed by atoms with Crippen molar-refractivity contribution in [2.75, 3.05) is 6.54 Å². The lowest BCUT2D eigenvalue weighted by atomic mass is 10.0. The van der Waals surface area contributed by atoms with Crippen molar-refractivity contribution in [3.63, 3.8) is 0 Å². The highest BCUT2D eigenvalue weighted by atomic mass is 32.1. The van der Waals surface area contributed by atoms with Crippen molar-refractivity contribution in [2.24, 2.45) is 5.92 Å². The second-order valence-electron chi connectivity index (χ2n) is 5.80. The maximum absolute atomic E-state index is 12.6. The first kappa shape index (κ1) is 13.6. The van der Waals surface area contributed by atoms with E-state index in [-0.39, 0.29) is 11.8 Å². The van der Waals surface area contributed by atoms with Crippen molar-refractivity contribution in [1.29, 1.82) is 0 Å². The number of nitrogens with zero attached hydrogens (tertiary/aromatic N) is 1. The third-order valence-electron chi connectivity index (χ3n) is 4.42. The summed E-state index contributed by atoms with van der Waals surface area (Å²) in [5.41, 5.74) is 1.25.